The topological polar surface area (TPSA) is 26.0 Å². The lowest BCUT2D eigenvalue weighted by molar-refractivity contribution is 0.546. The van der Waals surface area contributed by atoms with Gasteiger partial charge in [0, 0.05) is 21.2 Å². The highest BCUT2D eigenvalue weighted by atomic mass is 32.2. The van der Waals surface area contributed by atoms with Crippen LogP contribution in [0.25, 0.3) is 0 Å². The third kappa shape index (κ3) is 1.89. The molecule has 2 rings (SSSR count). The van der Waals surface area contributed by atoms with Crippen LogP contribution in [0.3, 0.4) is 0 Å². The molecule has 1 nitrogen and oxygen atoms in total. The normalized spacial score (nSPS) is 19.5. The zero-order chi connectivity index (χ0) is 11.8. The van der Waals surface area contributed by atoms with Crippen molar-refractivity contribution in [3.63, 3.8) is 0 Å². The highest BCUT2D eigenvalue weighted by Gasteiger charge is 2.48. The quantitative estimate of drug-likeness (QED) is 0.832. The number of rotatable bonds is 4. The lowest BCUT2D eigenvalue weighted by atomic mass is 9.89. The second-order valence-corrected chi connectivity index (χ2v) is 6.15. The van der Waals surface area contributed by atoms with Crippen LogP contribution in [-0.4, -0.2) is 18.6 Å². The Morgan fingerprint density at radius 2 is 1.94 bits per heavy atom. The van der Waals surface area contributed by atoms with E-state index in [9.17, 15) is 0 Å². The van der Waals surface area contributed by atoms with Crippen LogP contribution >= 0.6 is 23.5 Å². The molecule has 0 bridgehead atoms. The fourth-order valence-electron chi connectivity index (χ4n) is 2.38. The summed E-state index contributed by atoms with van der Waals surface area (Å²) in [5, 5.41) is 0. The maximum atomic E-state index is 6.16. The molecule has 88 valence electrons. The van der Waals surface area contributed by atoms with E-state index in [0.29, 0.717) is 0 Å². The maximum absolute atomic E-state index is 6.16. The largest absolute Gasteiger partial charge is 0.327 e. The Balaban J connectivity index is 2.49. The van der Waals surface area contributed by atoms with Gasteiger partial charge in [-0.15, -0.1) is 23.5 Å². The molecule has 1 aliphatic carbocycles. The van der Waals surface area contributed by atoms with Crippen molar-refractivity contribution in [1.29, 1.82) is 0 Å². The van der Waals surface area contributed by atoms with Crippen LogP contribution in [0.2, 0.25) is 0 Å². The average Bonchev–Trinajstić information content (AvgIpc) is 3.09. The van der Waals surface area contributed by atoms with Crippen molar-refractivity contribution in [1.82, 2.24) is 0 Å². The first-order chi connectivity index (χ1) is 7.65. The minimum Gasteiger partial charge on any atom is -0.327 e. The summed E-state index contributed by atoms with van der Waals surface area (Å²) in [6.45, 7) is 2.14. The minimum absolute atomic E-state index is 0.260. The molecule has 3 heteroatoms. The molecule has 0 saturated heterocycles. The molecular weight excluding hydrogens is 234 g/mol. The van der Waals surface area contributed by atoms with Crippen LogP contribution in [0.5, 0.6) is 0 Å². The summed E-state index contributed by atoms with van der Waals surface area (Å²) in [5.74, 6) is 0. The Labute approximate surface area is 107 Å². The van der Waals surface area contributed by atoms with Gasteiger partial charge in [0.05, 0.1) is 0 Å². The van der Waals surface area contributed by atoms with Crippen LogP contribution < -0.4 is 5.73 Å². The summed E-state index contributed by atoms with van der Waals surface area (Å²) in [5.41, 5.74) is 7.91. The van der Waals surface area contributed by atoms with Crippen LogP contribution in [0.4, 0.5) is 0 Å². The third-order valence-corrected chi connectivity index (χ3v) is 5.36. The highest BCUT2D eigenvalue weighted by molar-refractivity contribution is 8.01. The van der Waals surface area contributed by atoms with E-state index in [1.54, 1.807) is 0 Å². The molecule has 1 fully saturated rings. The van der Waals surface area contributed by atoms with E-state index in [-0.39, 0.29) is 11.5 Å². The molecule has 0 amide bonds. The Bertz CT molecular complexity index is 384. The Morgan fingerprint density at radius 1 is 1.25 bits per heavy atom. The summed E-state index contributed by atoms with van der Waals surface area (Å²) in [7, 11) is 0. The molecule has 1 atom stereocenters. The molecule has 2 N–H and O–H groups in total. The molecular formula is C13H19NS2. The van der Waals surface area contributed by atoms with E-state index in [2.05, 4.69) is 37.6 Å². The van der Waals surface area contributed by atoms with Gasteiger partial charge in [-0.1, -0.05) is 12.1 Å². The van der Waals surface area contributed by atoms with Crippen LogP contribution in [0.15, 0.2) is 28.0 Å². The molecule has 1 aromatic carbocycles. The minimum atomic E-state index is 0.260. The van der Waals surface area contributed by atoms with Gasteiger partial charge in [-0.2, -0.15) is 0 Å². The van der Waals surface area contributed by atoms with E-state index >= 15 is 0 Å². The van der Waals surface area contributed by atoms with Gasteiger partial charge in [0.25, 0.3) is 0 Å². The number of nitrogens with two attached hydrogens (primary N) is 1. The lowest BCUT2D eigenvalue weighted by Crippen LogP contribution is -2.32. The van der Waals surface area contributed by atoms with E-state index in [0.717, 1.165) is 0 Å². The second-order valence-electron chi connectivity index (χ2n) is 4.49. The van der Waals surface area contributed by atoms with Gasteiger partial charge < -0.3 is 5.73 Å². The first-order valence-corrected chi connectivity index (χ1v) is 8.07. The summed E-state index contributed by atoms with van der Waals surface area (Å²) in [6.07, 6.45) is 6.80. The first kappa shape index (κ1) is 12.3. The molecule has 0 radical (unpaired) electrons. The lowest BCUT2D eigenvalue weighted by Gasteiger charge is -2.23. The van der Waals surface area contributed by atoms with Gasteiger partial charge in [-0.25, -0.2) is 0 Å². The zero-order valence-electron chi connectivity index (χ0n) is 10.1. The Morgan fingerprint density at radius 3 is 2.38 bits per heavy atom. The monoisotopic (exact) mass is 253 g/mol. The van der Waals surface area contributed by atoms with Crippen LogP contribution in [-0.2, 0) is 5.41 Å². The molecule has 0 spiro atoms. The van der Waals surface area contributed by atoms with Crippen molar-refractivity contribution in [3.05, 3.63) is 23.8 Å². The third-order valence-electron chi connectivity index (χ3n) is 3.60. The molecule has 0 heterocycles. The smallest absolute Gasteiger partial charge is 0.0243 e. The number of hydrogen-bond acceptors (Lipinski definition) is 3. The standard InChI is InChI=1S/C13H19NS2/c1-9(14)13(7-8-13)10-5-4-6-11(15-2)12(10)16-3/h4-6,9H,7-8,14H2,1-3H3. The highest BCUT2D eigenvalue weighted by Crippen LogP contribution is 2.53. The summed E-state index contributed by atoms with van der Waals surface area (Å²) in [6, 6.07) is 6.90. The number of benzene rings is 1. The second kappa shape index (κ2) is 4.63. The predicted molar refractivity (Wildman–Crippen MR) is 74.6 cm³/mol. The van der Waals surface area contributed by atoms with Gasteiger partial charge in [-0.3, -0.25) is 0 Å². The van der Waals surface area contributed by atoms with Crippen molar-refractivity contribution in [2.24, 2.45) is 5.73 Å². The number of thioether (sulfide) groups is 2. The molecule has 0 aromatic heterocycles. The molecule has 16 heavy (non-hydrogen) atoms. The first-order valence-electron chi connectivity index (χ1n) is 5.63. The van der Waals surface area contributed by atoms with Crippen LogP contribution in [0.1, 0.15) is 25.3 Å². The van der Waals surface area contributed by atoms with Crippen molar-refractivity contribution >= 4 is 23.5 Å². The predicted octanol–water partition coefficient (Wildman–Crippen LogP) is 3.51. The fourth-order valence-corrected chi connectivity index (χ4v) is 4.15. The van der Waals surface area contributed by atoms with E-state index in [4.69, 9.17) is 5.73 Å². The van der Waals surface area contributed by atoms with E-state index in [1.165, 1.54) is 28.2 Å². The van der Waals surface area contributed by atoms with Gasteiger partial charge in [0.1, 0.15) is 0 Å². The Hall–Kier alpha value is -0.120. The SMILES string of the molecule is CSc1cccc(C2(C(C)N)CC2)c1SC. The van der Waals surface area contributed by atoms with Gasteiger partial charge >= 0.3 is 0 Å². The Kier molecular flexibility index (Phi) is 3.57. The molecule has 1 saturated carbocycles. The van der Waals surface area contributed by atoms with Crippen molar-refractivity contribution < 1.29 is 0 Å². The van der Waals surface area contributed by atoms with Gasteiger partial charge in [0.15, 0.2) is 0 Å². The molecule has 1 aromatic rings. The number of hydrogen-bond donors (Lipinski definition) is 1. The van der Waals surface area contributed by atoms with E-state index < -0.39 is 0 Å². The van der Waals surface area contributed by atoms with E-state index in [1.807, 2.05) is 23.5 Å². The maximum Gasteiger partial charge on any atom is 0.0243 e. The van der Waals surface area contributed by atoms with Crippen molar-refractivity contribution in [2.45, 2.75) is 41.0 Å². The summed E-state index contributed by atoms with van der Waals surface area (Å²) in [4.78, 5) is 2.82. The summed E-state index contributed by atoms with van der Waals surface area (Å²) >= 11 is 3.68. The van der Waals surface area contributed by atoms with Gasteiger partial charge in [0.2, 0.25) is 0 Å². The average molecular weight is 253 g/mol. The molecule has 1 unspecified atom stereocenters. The zero-order valence-corrected chi connectivity index (χ0v) is 11.8. The van der Waals surface area contributed by atoms with Gasteiger partial charge in [-0.05, 0) is 43.9 Å². The van der Waals surface area contributed by atoms with Crippen LogP contribution in [0, 0.1) is 0 Å². The fraction of sp³-hybridized carbons (Fsp3) is 0.538. The molecule has 1 aliphatic rings. The molecule has 0 aliphatic heterocycles. The summed E-state index contributed by atoms with van der Waals surface area (Å²) < 4.78 is 0. The van der Waals surface area contributed by atoms with Crippen molar-refractivity contribution in [3.8, 4) is 0 Å². The van der Waals surface area contributed by atoms with Crippen molar-refractivity contribution in [2.75, 3.05) is 12.5 Å².